The minimum absolute atomic E-state index is 0.0925. The van der Waals surface area contributed by atoms with Crippen LogP contribution in [0.5, 0.6) is 5.75 Å². The minimum atomic E-state index is -0.646. The zero-order valence-electron chi connectivity index (χ0n) is 20.0. The summed E-state index contributed by atoms with van der Waals surface area (Å²) in [6, 6.07) is 37.0. The molecule has 0 amide bonds. The Morgan fingerprint density at radius 1 is 0.706 bits per heavy atom. The van der Waals surface area contributed by atoms with E-state index in [0.29, 0.717) is 6.61 Å². The lowest BCUT2D eigenvalue weighted by Crippen LogP contribution is -2.36. The van der Waals surface area contributed by atoms with Crippen LogP contribution in [-0.2, 0) is 19.7 Å². The molecule has 4 rings (SSSR count). The molecule has 1 N–H and O–H groups in total. The SMILES string of the molecule is Cc1ccc([C@@H](O)[C@H](C)N(Cc2ccccc2)Cc2ccccc2)cc1OCc1ccccc1. The summed E-state index contributed by atoms with van der Waals surface area (Å²) >= 11 is 0. The number of hydrogen-bond acceptors (Lipinski definition) is 3. The first-order valence-electron chi connectivity index (χ1n) is 11.9. The van der Waals surface area contributed by atoms with Gasteiger partial charge in [-0.25, -0.2) is 0 Å². The zero-order chi connectivity index (χ0) is 23.8. The third-order valence-electron chi connectivity index (χ3n) is 6.28. The number of nitrogens with zero attached hydrogens (tertiary/aromatic N) is 1. The Kier molecular flexibility index (Phi) is 8.13. The van der Waals surface area contributed by atoms with Crippen LogP contribution in [0.2, 0.25) is 0 Å². The number of rotatable bonds is 10. The van der Waals surface area contributed by atoms with Gasteiger partial charge >= 0.3 is 0 Å². The second-order valence-corrected chi connectivity index (χ2v) is 8.86. The molecule has 0 heterocycles. The van der Waals surface area contributed by atoms with Gasteiger partial charge in [0.15, 0.2) is 0 Å². The molecule has 174 valence electrons. The number of aryl methyl sites for hydroxylation is 1. The number of hydrogen-bond donors (Lipinski definition) is 1. The molecule has 0 saturated heterocycles. The third-order valence-corrected chi connectivity index (χ3v) is 6.28. The van der Waals surface area contributed by atoms with Gasteiger partial charge in [-0.15, -0.1) is 0 Å². The Bertz CT molecular complexity index is 1100. The van der Waals surface area contributed by atoms with E-state index >= 15 is 0 Å². The van der Waals surface area contributed by atoms with E-state index in [2.05, 4.69) is 72.5 Å². The van der Waals surface area contributed by atoms with Crippen molar-refractivity contribution in [3.8, 4) is 5.75 Å². The van der Waals surface area contributed by atoms with E-state index < -0.39 is 6.10 Å². The van der Waals surface area contributed by atoms with Crippen LogP contribution in [0.4, 0.5) is 0 Å². The Morgan fingerprint density at radius 2 is 1.21 bits per heavy atom. The Morgan fingerprint density at radius 3 is 1.74 bits per heavy atom. The number of ether oxygens (including phenoxy) is 1. The zero-order valence-corrected chi connectivity index (χ0v) is 20.0. The second-order valence-electron chi connectivity index (χ2n) is 8.86. The van der Waals surface area contributed by atoms with E-state index in [4.69, 9.17) is 4.74 Å². The molecule has 0 radical (unpaired) electrons. The first kappa shape index (κ1) is 23.7. The van der Waals surface area contributed by atoms with Crippen LogP contribution in [0.15, 0.2) is 109 Å². The lowest BCUT2D eigenvalue weighted by atomic mass is 9.99. The molecule has 0 unspecified atom stereocenters. The number of aliphatic hydroxyl groups excluding tert-OH is 1. The van der Waals surface area contributed by atoms with Crippen LogP contribution in [-0.4, -0.2) is 16.0 Å². The first-order valence-corrected chi connectivity index (χ1v) is 11.9. The molecule has 0 spiro atoms. The van der Waals surface area contributed by atoms with Gasteiger partial charge in [0, 0.05) is 19.1 Å². The lowest BCUT2D eigenvalue weighted by Gasteiger charge is -2.33. The van der Waals surface area contributed by atoms with Gasteiger partial charge in [0.05, 0.1) is 6.10 Å². The van der Waals surface area contributed by atoms with Gasteiger partial charge in [-0.3, -0.25) is 4.90 Å². The second kappa shape index (κ2) is 11.6. The van der Waals surface area contributed by atoms with Gasteiger partial charge in [-0.05, 0) is 47.7 Å². The average molecular weight is 452 g/mol. The van der Waals surface area contributed by atoms with Crippen LogP contribution in [0.1, 0.15) is 40.8 Å². The summed E-state index contributed by atoms with van der Waals surface area (Å²) in [5, 5.41) is 11.4. The molecule has 0 saturated carbocycles. The average Bonchev–Trinajstić information content (AvgIpc) is 2.89. The van der Waals surface area contributed by atoms with Crippen LogP contribution in [0.25, 0.3) is 0 Å². The predicted octanol–water partition coefficient (Wildman–Crippen LogP) is 6.70. The standard InChI is InChI=1S/C31H33NO2/c1-24-18-19-29(20-30(24)34-23-28-16-10-5-11-17-28)31(33)25(2)32(21-26-12-6-3-7-13-26)22-27-14-8-4-9-15-27/h3-20,25,31,33H,21-23H2,1-2H3/t25-,31-/m0/s1. The molecule has 0 fully saturated rings. The monoisotopic (exact) mass is 451 g/mol. The van der Waals surface area contributed by atoms with Gasteiger partial charge < -0.3 is 9.84 Å². The Labute approximate surface area is 203 Å². The molecule has 4 aromatic carbocycles. The molecule has 3 heteroatoms. The molecule has 0 aliphatic rings. The van der Waals surface area contributed by atoms with E-state index in [1.807, 2.05) is 55.5 Å². The molecule has 34 heavy (non-hydrogen) atoms. The summed E-state index contributed by atoms with van der Waals surface area (Å²) in [5.74, 6) is 0.810. The topological polar surface area (TPSA) is 32.7 Å². The molecule has 3 nitrogen and oxygen atoms in total. The van der Waals surface area contributed by atoms with Crippen LogP contribution in [0.3, 0.4) is 0 Å². The molecule has 2 atom stereocenters. The van der Waals surface area contributed by atoms with Gasteiger partial charge in [-0.2, -0.15) is 0 Å². The van der Waals surface area contributed by atoms with E-state index in [1.54, 1.807) is 0 Å². The maximum Gasteiger partial charge on any atom is 0.123 e. The molecule has 0 aliphatic carbocycles. The molecular weight excluding hydrogens is 418 g/mol. The van der Waals surface area contributed by atoms with Crippen molar-refractivity contribution in [1.82, 2.24) is 4.90 Å². The predicted molar refractivity (Wildman–Crippen MR) is 139 cm³/mol. The highest BCUT2D eigenvalue weighted by molar-refractivity contribution is 5.38. The fourth-order valence-corrected chi connectivity index (χ4v) is 4.15. The van der Waals surface area contributed by atoms with E-state index in [1.165, 1.54) is 11.1 Å². The quantitative estimate of drug-likeness (QED) is 0.291. The van der Waals surface area contributed by atoms with Crippen LogP contribution in [0, 0.1) is 6.92 Å². The third kappa shape index (κ3) is 6.34. The largest absolute Gasteiger partial charge is 0.489 e. The van der Waals surface area contributed by atoms with Crippen LogP contribution < -0.4 is 4.74 Å². The summed E-state index contributed by atoms with van der Waals surface area (Å²) in [6.07, 6.45) is -0.646. The van der Waals surface area contributed by atoms with Crippen molar-refractivity contribution >= 4 is 0 Å². The highest BCUT2D eigenvalue weighted by Crippen LogP contribution is 2.29. The van der Waals surface area contributed by atoms with Gasteiger partial charge in [-0.1, -0.05) is 103 Å². The van der Waals surface area contributed by atoms with Crippen molar-refractivity contribution in [2.24, 2.45) is 0 Å². The van der Waals surface area contributed by atoms with Crippen molar-refractivity contribution in [2.75, 3.05) is 0 Å². The molecular formula is C31H33NO2. The Hall–Kier alpha value is -3.40. The summed E-state index contributed by atoms with van der Waals surface area (Å²) in [5.41, 5.74) is 5.51. The summed E-state index contributed by atoms with van der Waals surface area (Å²) in [4.78, 5) is 2.33. The molecule has 0 aliphatic heterocycles. The van der Waals surface area contributed by atoms with Gasteiger partial charge in [0.2, 0.25) is 0 Å². The van der Waals surface area contributed by atoms with Crippen molar-refractivity contribution in [3.63, 3.8) is 0 Å². The maximum atomic E-state index is 11.4. The molecule has 4 aromatic rings. The van der Waals surface area contributed by atoms with Crippen molar-refractivity contribution in [2.45, 2.75) is 45.7 Å². The minimum Gasteiger partial charge on any atom is -0.489 e. The highest BCUT2D eigenvalue weighted by atomic mass is 16.5. The van der Waals surface area contributed by atoms with Crippen LogP contribution >= 0.6 is 0 Å². The van der Waals surface area contributed by atoms with E-state index in [-0.39, 0.29) is 6.04 Å². The highest BCUT2D eigenvalue weighted by Gasteiger charge is 2.24. The molecule has 0 bridgehead atoms. The smallest absolute Gasteiger partial charge is 0.123 e. The van der Waals surface area contributed by atoms with Gasteiger partial charge in [0.25, 0.3) is 0 Å². The summed E-state index contributed by atoms with van der Waals surface area (Å²) in [7, 11) is 0. The molecule has 0 aromatic heterocycles. The summed E-state index contributed by atoms with van der Waals surface area (Å²) in [6.45, 7) is 6.16. The van der Waals surface area contributed by atoms with E-state index in [0.717, 1.165) is 35.5 Å². The van der Waals surface area contributed by atoms with E-state index in [9.17, 15) is 5.11 Å². The first-order chi connectivity index (χ1) is 16.6. The van der Waals surface area contributed by atoms with Gasteiger partial charge in [0.1, 0.15) is 12.4 Å². The fourth-order valence-electron chi connectivity index (χ4n) is 4.15. The fraction of sp³-hybridized carbons (Fsp3) is 0.226. The normalized spacial score (nSPS) is 12.9. The van der Waals surface area contributed by atoms with Crippen molar-refractivity contribution in [1.29, 1.82) is 0 Å². The Balaban J connectivity index is 1.53. The van der Waals surface area contributed by atoms with Crippen molar-refractivity contribution < 1.29 is 9.84 Å². The maximum absolute atomic E-state index is 11.4. The lowest BCUT2D eigenvalue weighted by molar-refractivity contribution is 0.0482. The number of benzene rings is 4. The summed E-state index contributed by atoms with van der Waals surface area (Å²) < 4.78 is 6.12. The van der Waals surface area contributed by atoms with Crippen molar-refractivity contribution in [3.05, 3.63) is 137 Å². The number of aliphatic hydroxyl groups is 1.